The first kappa shape index (κ1) is 13.4. The molecule has 0 aliphatic carbocycles. The van der Waals surface area contributed by atoms with Gasteiger partial charge in [-0.1, -0.05) is 12.1 Å². The zero-order valence-corrected chi connectivity index (χ0v) is 11.6. The summed E-state index contributed by atoms with van der Waals surface area (Å²) in [5, 5.41) is 0. The van der Waals surface area contributed by atoms with Gasteiger partial charge in [-0.3, -0.25) is 0 Å². The lowest BCUT2D eigenvalue weighted by atomic mass is 9.74. The summed E-state index contributed by atoms with van der Waals surface area (Å²) < 4.78 is 10.9. The van der Waals surface area contributed by atoms with E-state index in [1.165, 1.54) is 16.7 Å². The highest BCUT2D eigenvalue weighted by Gasteiger charge is 2.40. The zero-order valence-electron chi connectivity index (χ0n) is 11.6. The predicted molar refractivity (Wildman–Crippen MR) is 73.3 cm³/mol. The molecule has 0 saturated carbocycles. The van der Waals surface area contributed by atoms with E-state index >= 15 is 0 Å². The van der Waals surface area contributed by atoms with Gasteiger partial charge >= 0.3 is 0 Å². The van der Waals surface area contributed by atoms with Crippen molar-refractivity contribution < 1.29 is 9.47 Å². The average Bonchev–Trinajstić information content (AvgIpc) is 2.27. The molecule has 1 aliphatic rings. The van der Waals surface area contributed by atoms with Gasteiger partial charge in [-0.15, -0.1) is 0 Å². The summed E-state index contributed by atoms with van der Waals surface area (Å²) in [6.07, 6.45) is 2.15. The third-order valence-corrected chi connectivity index (χ3v) is 3.89. The molecule has 3 heteroatoms. The normalized spacial score (nSPS) is 17.3. The second-order valence-electron chi connectivity index (χ2n) is 5.31. The lowest BCUT2D eigenvalue weighted by molar-refractivity contribution is -0.0649. The van der Waals surface area contributed by atoms with E-state index in [2.05, 4.69) is 26.0 Å². The molecular formula is C15H23NO2. The summed E-state index contributed by atoms with van der Waals surface area (Å²) in [5.74, 6) is 0.993. The molecule has 0 atom stereocenters. The Labute approximate surface area is 109 Å². The quantitative estimate of drug-likeness (QED) is 0.871. The summed E-state index contributed by atoms with van der Waals surface area (Å²) in [4.78, 5) is 0. The summed E-state index contributed by atoms with van der Waals surface area (Å²) in [5.41, 5.74) is 9.59. The van der Waals surface area contributed by atoms with Gasteiger partial charge in [0.15, 0.2) is 0 Å². The molecule has 0 spiro atoms. The molecule has 1 fully saturated rings. The molecule has 0 unspecified atom stereocenters. The van der Waals surface area contributed by atoms with Crippen molar-refractivity contribution in [3.05, 3.63) is 28.8 Å². The molecule has 100 valence electrons. The fourth-order valence-electron chi connectivity index (χ4n) is 2.82. The first-order chi connectivity index (χ1) is 8.63. The minimum atomic E-state index is 0.182. The molecule has 0 amide bonds. The molecule has 0 aromatic heterocycles. The number of ether oxygens (including phenoxy) is 2. The second-order valence-corrected chi connectivity index (χ2v) is 5.31. The number of hydrogen-bond acceptors (Lipinski definition) is 3. The van der Waals surface area contributed by atoms with Crippen LogP contribution in [-0.4, -0.2) is 26.9 Å². The summed E-state index contributed by atoms with van der Waals surface area (Å²) in [6.45, 7) is 6.59. The van der Waals surface area contributed by atoms with E-state index in [0.717, 1.165) is 38.3 Å². The van der Waals surface area contributed by atoms with E-state index in [-0.39, 0.29) is 5.41 Å². The van der Waals surface area contributed by atoms with Crippen molar-refractivity contribution in [3.8, 4) is 5.75 Å². The maximum atomic E-state index is 5.64. The fourth-order valence-corrected chi connectivity index (χ4v) is 2.82. The Hall–Kier alpha value is -1.06. The molecule has 1 heterocycles. The number of hydrogen-bond donors (Lipinski definition) is 1. The SMILES string of the molecule is COc1c(C)cc(C2(CCCN)COC2)cc1C. The van der Waals surface area contributed by atoms with Gasteiger partial charge in [0.1, 0.15) is 5.75 Å². The lowest BCUT2D eigenvalue weighted by Crippen LogP contribution is -2.47. The van der Waals surface area contributed by atoms with Crippen LogP contribution < -0.4 is 10.5 Å². The topological polar surface area (TPSA) is 44.5 Å². The van der Waals surface area contributed by atoms with Crippen molar-refractivity contribution >= 4 is 0 Å². The third kappa shape index (κ3) is 2.25. The largest absolute Gasteiger partial charge is 0.496 e. The predicted octanol–water partition coefficient (Wildman–Crippen LogP) is 2.32. The van der Waals surface area contributed by atoms with Crippen LogP contribution in [-0.2, 0) is 10.2 Å². The van der Waals surface area contributed by atoms with E-state index in [1.807, 2.05) is 0 Å². The van der Waals surface area contributed by atoms with E-state index in [0.29, 0.717) is 0 Å². The van der Waals surface area contributed by atoms with Gasteiger partial charge < -0.3 is 15.2 Å². The Kier molecular flexibility index (Phi) is 3.93. The highest BCUT2D eigenvalue weighted by molar-refractivity contribution is 5.46. The minimum Gasteiger partial charge on any atom is -0.496 e. The van der Waals surface area contributed by atoms with Gasteiger partial charge in [-0.2, -0.15) is 0 Å². The van der Waals surface area contributed by atoms with Gasteiger partial charge in [-0.05, 0) is 49.9 Å². The molecule has 1 aliphatic heterocycles. The van der Waals surface area contributed by atoms with Crippen LogP contribution in [0.2, 0.25) is 0 Å². The fraction of sp³-hybridized carbons (Fsp3) is 0.600. The van der Waals surface area contributed by atoms with Crippen molar-refractivity contribution in [1.29, 1.82) is 0 Å². The van der Waals surface area contributed by atoms with Crippen molar-refractivity contribution in [2.45, 2.75) is 32.1 Å². The van der Waals surface area contributed by atoms with Crippen LogP contribution in [0.1, 0.15) is 29.5 Å². The zero-order chi connectivity index (χ0) is 13.2. The Balaban J connectivity index is 2.32. The summed E-state index contributed by atoms with van der Waals surface area (Å²) in [6, 6.07) is 4.48. The minimum absolute atomic E-state index is 0.182. The van der Waals surface area contributed by atoms with Crippen molar-refractivity contribution in [2.24, 2.45) is 5.73 Å². The van der Waals surface area contributed by atoms with Gasteiger partial charge in [0.25, 0.3) is 0 Å². The summed E-state index contributed by atoms with van der Waals surface area (Å²) >= 11 is 0. The van der Waals surface area contributed by atoms with Crippen LogP contribution in [0.3, 0.4) is 0 Å². The molecule has 1 aromatic carbocycles. The molecular weight excluding hydrogens is 226 g/mol. The second kappa shape index (κ2) is 5.29. The van der Waals surface area contributed by atoms with E-state index in [9.17, 15) is 0 Å². The Bertz CT molecular complexity index is 401. The Morgan fingerprint density at radius 2 is 1.89 bits per heavy atom. The van der Waals surface area contributed by atoms with Crippen molar-refractivity contribution in [3.63, 3.8) is 0 Å². The molecule has 2 rings (SSSR count). The number of rotatable bonds is 5. The maximum Gasteiger partial charge on any atom is 0.124 e. The number of nitrogens with two attached hydrogens (primary N) is 1. The van der Waals surface area contributed by atoms with Crippen LogP contribution in [0.25, 0.3) is 0 Å². The number of benzene rings is 1. The van der Waals surface area contributed by atoms with Crippen molar-refractivity contribution in [1.82, 2.24) is 0 Å². The van der Waals surface area contributed by atoms with Crippen LogP contribution in [0, 0.1) is 13.8 Å². The van der Waals surface area contributed by atoms with Crippen LogP contribution in [0.15, 0.2) is 12.1 Å². The Morgan fingerprint density at radius 3 is 2.28 bits per heavy atom. The molecule has 2 N–H and O–H groups in total. The van der Waals surface area contributed by atoms with Gasteiger partial charge in [0.05, 0.1) is 20.3 Å². The monoisotopic (exact) mass is 249 g/mol. The van der Waals surface area contributed by atoms with Crippen molar-refractivity contribution in [2.75, 3.05) is 26.9 Å². The molecule has 1 saturated heterocycles. The molecule has 0 bridgehead atoms. The van der Waals surface area contributed by atoms with E-state index < -0.39 is 0 Å². The number of aryl methyl sites for hydroxylation is 2. The maximum absolute atomic E-state index is 5.64. The smallest absolute Gasteiger partial charge is 0.124 e. The highest BCUT2D eigenvalue weighted by Crippen LogP contribution is 2.39. The number of methoxy groups -OCH3 is 1. The van der Waals surface area contributed by atoms with Gasteiger partial charge in [0, 0.05) is 5.41 Å². The highest BCUT2D eigenvalue weighted by atomic mass is 16.5. The van der Waals surface area contributed by atoms with E-state index in [4.69, 9.17) is 15.2 Å². The Morgan fingerprint density at radius 1 is 1.28 bits per heavy atom. The van der Waals surface area contributed by atoms with Gasteiger partial charge in [-0.25, -0.2) is 0 Å². The van der Waals surface area contributed by atoms with Crippen LogP contribution in [0.4, 0.5) is 0 Å². The first-order valence-corrected chi connectivity index (χ1v) is 6.56. The van der Waals surface area contributed by atoms with E-state index in [1.54, 1.807) is 7.11 Å². The average molecular weight is 249 g/mol. The first-order valence-electron chi connectivity index (χ1n) is 6.56. The van der Waals surface area contributed by atoms with Gasteiger partial charge in [0.2, 0.25) is 0 Å². The molecule has 3 nitrogen and oxygen atoms in total. The lowest BCUT2D eigenvalue weighted by Gasteiger charge is -2.42. The summed E-state index contributed by atoms with van der Waals surface area (Å²) in [7, 11) is 1.73. The molecule has 1 aromatic rings. The molecule has 18 heavy (non-hydrogen) atoms. The van der Waals surface area contributed by atoms with Crippen LogP contribution in [0.5, 0.6) is 5.75 Å². The van der Waals surface area contributed by atoms with Crippen LogP contribution >= 0.6 is 0 Å². The standard InChI is InChI=1S/C15H23NO2/c1-11-7-13(8-12(2)14(11)17-3)15(5-4-6-16)9-18-10-15/h7-8H,4-6,9-10,16H2,1-3H3. The molecule has 0 radical (unpaired) electrons. The third-order valence-electron chi connectivity index (χ3n) is 3.89.